The number of nitrogens with two attached hydrogens (primary N) is 1. The molecule has 1 aromatic carbocycles. The van der Waals surface area contributed by atoms with Crippen LogP contribution in [-0.4, -0.2) is 16.1 Å². The zero-order valence-corrected chi connectivity index (χ0v) is 10.0. The van der Waals surface area contributed by atoms with Gasteiger partial charge in [0.2, 0.25) is 0 Å². The van der Waals surface area contributed by atoms with Crippen molar-refractivity contribution in [1.82, 2.24) is 9.55 Å². The highest BCUT2D eigenvalue weighted by Crippen LogP contribution is 2.10. The molecule has 1 aromatic heterocycles. The van der Waals surface area contributed by atoms with Gasteiger partial charge in [0.1, 0.15) is 5.69 Å². The highest BCUT2D eigenvalue weighted by Gasteiger charge is 2.06. The minimum absolute atomic E-state index is 0.000668. The lowest BCUT2D eigenvalue weighted by atomic mass is 10.2. The number of para-hydroxylation sites is 2. The van der Waals surface area contributed by atoms with Gasteiger partial charge in [0, 0.05) is 6.54 Å². The normalized spacial score (nSPS) is 10.9. The molecule has 0 atom stereocenters. The molecule has 0 aliphatic heterocycles. The van der Waals surface area contributed by atoms with E-state index in [1.165, 1.54) is 0 Å². The van der Waals surface area contributed by atoms with Gasteiger partial charge in [0.15, 0.2) is 0 Å². The summed E-state index contributed by atoms with van der Waals surface area (Å²) in [6, 6.07) is 7.73. The quantitative estimate of drug-likeness (QED) is 0.810. The molecule has 1 heterocycles. The monoisotopic (exact) mass is 231 g/mol. The molecule has 17 heavy (non-hydrogen) atoms. The third-order valence-electron chi connectivity index (χ3n) is 2.85. The van der Waals surface area contributed by atoms with Crippen LogP contribution in [0.5, 0.6) is 0 Å². The second kappa shape index (κ2) is 5.10. The Morgan fingerprint density at radius 3 is 2.82 bits per heavy atom. The Kier molecular flexibility index (Phi) is 3.54. The standard InChI is InChI=1S/C13H17N3O/c1-10-13(17)16(9-5-4-8-14)12-7-3-2-6-11(12)15-10/h2-3,6-7H,4-5,8-9,14H2,1H3. The van der Waals surface area contributed by atoms with Gasteiger partial charge >= 0.3 is 0 Å². The van der Waals surface area contributed by atoms with Gasteiger partial charge < -0.3 is 10.3 Å². The number of hydrogen-bond donors (Lipinski definition) is 1. The molecular formula is C13H17N3O. The van der Waals surface area contributed by atoms with Gasteiger partial charge in [-0.15, -0.1) is 0 Å². The first-order chi connectivity index (χ1) is 8.24. The van der Waals surface area contributed by atoms with Crippen LogP contribution in [0, 0.1) is 6.92 Å². The minimum Gasteiger partial charge on any atom is -0.330 e. The van der Waals surface area contributed by atoms with Crippen LogP contribution in [0.4, 0.5) is 0 Å². The first-order valence-electron chi connectivity index (χ1n) is 5.90. The summed E-state index contributed by atoms with van der Waals surface area (Å²) in [5.74, 6) is 0. The molecule has 0 bridgehead atoms. The van der Waals surface area contributed by atoms with Crippen molar-refractivity contribution in [2.75, 3.05) is 6.54 Å². The molecule has 0 spiro atoms. The second-order valence-corrected chi connectivity index (χ2v) is 4.14. The Hall–Kier alpha value is -1.68. The number of fused-ring (bicyclic) bond motifs is 1. The molecular weight excluding hydrogens is 214 g/mol. The van der Waals surface area contributed by atoms with Crippen molar-refractivity contribution >= 4 is 11.0 Å². The molecule has 0 aliphatic rings. The van der Waals surface area contributed by atoms with Crippen LogP contribution >= 0.6 is 0 Å². The summed E-state index contributed by atoms with van der Waals surface area (Å²) in [4.78, 5) is 16.4. The Morgan fingerprint density at radius 1 is 1.29 bits per heavy atom. The lowest BCUT2D eigenvalue weighted by Crippen LogP contribution is -2.24. The van der Waals surface area contributed by atoms with E-state index in [0.717, 1.165) is 23.9 Å². The smallest absolute Gasteiger partial charge is 0.272 e. The highest BCUT2D eigenvalue weighted by atomic mass is 16.1. The zero-order valence-electron chi connectivity index (χ0n) is 10.0. The van der Waals surface area contributed by atoms with Gasteiger partial charge in [-0.3, -0.25) is 4.79 Å². The molecule has 90 valence electrons. The van der Waals surface area contributed by atoms with Crippen molar-refractivity contribution in [3.05, 3.63) is 40.3 Å². The maximum absolute atomic E-state index is 12.0. The van der Waals surface area contributed by atoms with Gasteiger partial charge in [0.05, 0.1) is 11.0 Å². The van der Waals surface area contributed by atoms with Crippen molar-refractivity contribution in [3.63, 3.8) is 0 Å². The Balaban J connectivity index is 2.50. The van der Waals surface area contributed by atoms with Crippen LogP contribution in [-0.2, 0) is 6.54 Å². The van der Waals surface area contributed by atoms with Crippen LogP contribution in [0.15, 0.2) is 29.1 Å². The summed E-state index contributed by atoms with van der Waals surface area (Å²) in [5.41, 5.74) is 7.80. The topological polar surface area (TPSA) is 60.9 Å². The third-order valence-corrected chi connectivity index (χ3v) is 2.85. The van der Waals surface area contributed by atoms with Gasteiger partial charge in [-0.1, -0.05) is 12.1 Å². The number of hydrogen-bond acceptors (Lipinski definition) is 3. The van der Waals surface area contributed by atoms with Crippen molar-refractivity contribution in [1.29, 1.82) is 0 Å². The summed E-state index contributed by atoms with van der Waals surface area (Å²) in [7, 11) is 0. The lowest BCUT2D eigenvalue weighted by molar-refractivity contribution is 0.610. The van der Waals surface area contributed by atoms with E-state index < -0.39 is 0 Å². The maximum Gasteiger partial charge on any atom is 0.272 e. The molecule has 0 aliphatic carbocycles. The SMILES string of the molecule is Cc1nc2ccccc2n(CCCCN)c1=O. The summed E-state index contributed by atoms with van der Waals surface area (Å²) >= 11 is 0. The summed E-state index contributed by atoms with van der Waals surface area (Å²) in [6.45, 7) is 3.13. The zero-order chi connectivity index (χ0) is 12.3. The van der Waals surface area contributed by atoms with Gasteiger partial charge in [0.25, 0.3) is 5.56 Å². The summed E-state index contributed by atoms with van der Waals surface area (Å²) in [5, 5.41) is 0. The van der Waals surface area contributed by atoms with E-state index in [9.17, 15) is 4.79 Å². The van der Waals surface area contributed by atoms with E-state index in [-0.39, 0.29) is 5.56 Å². The fourth-order valence-corrected chi connectivity index (χ4v) is 1.96. The van der Waals surface area contributed by atoms with Crippen LogP contribution < -0.4 is 11.3 Å². The molecule has 0 saturated heterocycles. The molecule has 2 aromatic rings. The lowest BCUT2D eigenvalue weighted by Gasteiger charge is -2.10. The molecule has 0 saturated carbocycles. The van der Waals surface area contributed by atoms with Gasteiger partial charge in [-0.2, -0.15) is 0 Å². The number of aromatic nitrogens is 2. The van der Waals surface area contributed by atoms with Crippen LogP contribution in [0.25, 0.3) is 11.0 Å². The number of unbranched alkanes of at least 4 members (excludes halogenated alkanes) is 1. The summed E-state index contributed by atoms with van der Waals surface area (Å²) < 4.78 is 1.80. The van der Waals surface area contributed by atoms with Crippen molar-refractivity contribution in [2.45, 2.75) is 26.3 Å². The number of nitrogens with zero attached hydrogens (tertiary/aromatic N) is 2. The first kappa shape index (κ1) is 11.8. The van der Waals surface area contributed by atoms with E-state index in [2.05, 4.69) is 4.98 Å². The molecule has 4 nitrogen and oxygen atoms in total. The Morgan fingerprint density at radius 2 is 2.06 bits per heavy atom. The molecule has 0 fully saturated rings. The van der Waals surface area contributed by atoms with Crippen molar-refractivity contribution in [2.24, 2.45) is 5.73 Å². The van der Waals surface area contributed by atoms with E-state index in [0.29, 0.717) is 18.8 Å². The fourth-order valence-electron chi connectivity index (χ4n) is 1.96. The van der Waals surface area contributed by atoms with Crippen molar-refractivity contribution < 1.29 is 0 Å². The van der Waals surface area contributed by atoms with Crippen molar-refractivity contribution in [3.8, 4) is 0 Å². The highest BCUT2D eigenvalue weighted by molar-refractivity contribution is 5.74. The predicted octanol–water partition coefficient (Wildman–Crippen LogP) is 1.44. The molecule has 0 unspecified atom stereocenters. The van der Waals surface area contributed by atoms with E-state index in [1.807, 2.05) is 24.3 Å². The molecule has 0 amide bonds. The van der Waals surface area contributed by atoms with Crippen LogP contribution in [0.2, 0.25) is 0 Å². The fraction of sp³-hybridized carbons (Fsp3) is 0.385. The molecule has 0 radical (unpaired) electrons. The predicted molar refractivity (Wildman–Crippen MR) is 69.0 cm³/mol. The Labute approximate surface area is 100 Å². The van der Waals surface area contributed by atoms with Gasteiger partial charge in [-0.25, -0.2) is 4.98 Å². The minimum atomic E-state index is 0.000668. The number of rotatable bonds is 4. The second-order valence-electron chi connectivity index (χ2n) is 4.14. The Bertz CT molecular complexity index is 574. The van der Waals surface area contributed by atoms with Crippen LogP contribution in [0.1, 0.15) is 18.5 Å². The van der Waals surface area contributed by atoms with E-state index in [1.54, 1.807) is 11.5 Å². The molecule has 4 heteroatoms. The number of benzene rings is 1. The maximum atomic E-state index is 12.0. The average Bonchev–Trinajstić information content (AvgIpc) is 2.34. The van der Waals surface area contributed by atoms with Crippen LogP contribution in [0.3, 0.4) is 0 Å². The van der Waals surface area contributed by atoms with E-state index in [4.69, 9.17) is 5.73 Å². The summed E-state index contributed by atoms with van der Waals surface area (Å²) in [6.07, 6.45) is 1.85. The van der Waals surface area contributed by atoms with E-state index >= 15 is 0 Å². The molecule has 2 N–H and O–H groups in total. The third kappa shape index (κ3) is 2.36. The van der Waals surface area contributed by atoms with Gasteiger partial charge in [-0.05, 0) is 38.4 Å². The average molecular weight is 231 g/mol. The molecule has 2 rings (SSSR count). The largest absolute Gasteiger partial charge is 0.330 e. The first-order valence-corrected chi connectivity index (χ1v) is 5.90. The number of aryl methyl sites for hydroxylation is 2.